The third-order valence-corrected chi connectivity index (χ3v) is 6.12. The number of benzene rings is 2. The normalized spacial score (nSPS) is 11.2. The lowest BCUT2D eigenvalue weighted by atomic mass is 10.1. The summed E-state index contributed by atoms with van der Waals surface area (Å²) in [6.45, 7) is 2.49. The van der Waals surface area contributed by atoms with Crippen molar-refractivity contribution in [2.75, 3.05) is 52.6 Å². The molecule has 0 fully saturated rings. The van der Waals surface area contributed by atoms with Gasteiger partial charge in [-0.3, -0.25) is 4.79 Å². The highest BCUT2D eigenvalue weighted by Crippen LogP contribution is 2.38. The van der Waals surface area contributed by atoms with Gasteiger partial charge in [-0.15, -0.1) is 0 Å². The number of hydrogen-bond acceptors (Lipinski definition) is 7. The molecular weight excluding hydrogens is 410 g/mol. The second-order valence-corrected chi connectivity index (χ2v) is 8.55. The quantitative estimate of drug-likeness (QED) is 0.621. The molecule has 9 nitrogen and oxygen atoms in total. The number of carbonyl (C=O) groups excluding carboxylic acids is 1. The van der Waals surface area contributed by atoms with E-state index in [1.807, 2.05) is 6.92 Å². The summed E-state index contributed by atoms with van der Waals surface area (Å²) in [5.74, 6) is 0.562. The molecule has 0 unspecified atom stereocenters. The van der Waals surface area contributed by atoms with Gasteiger partial charge in [0.05, 0.1) is 37.6 Å². The van der Waals surface area contributed by atoms with E-state index in [0.29, 0.717) is 35.2 Å². The molecule has 0 aromatic heterocycles. The van der Waals surface area contributed by atoms with Crippen LogP contribution in [-0.4, -0.2) is 60.6 Å². The second kappa shape index (κ2) is 9.68. The van der Waals surface area contributed by atoms with Crippen molar-refractivity contribution >= 4 is 27.3 Å². The molecule has 0 spiro atoms. The summed E-state index contributed by atoms with van der Waals surface area (Å²) in [5, 5.41) is 5.88. The Bertz CT molecular complexity index is 996. The summed E-state index contributed by atoms with van der Waals surface area (Å²) in [7, 11) is 3.61. The Morgan fingerprint density at radius 1 is 0.967 bits per heavy atom. The summed E-state index contributed by atoms with van der Waals surface area (Å²) in [6.07, 6.45) is 0. The van der Waals surface area contributed by atoms with Crippen molar-refractivity contribution in [3.63, 3.8) is 0 Å². The van der Waals surface area contributed by atoms with Gasteiger partial charge in [0, 0.05) is 26.2 Å². The van der Waals surface area contributed by atoms with Gasteiger partial charge >= 0.3 is 0 Å². The summed E-state index contributed by atoms with van der Waals surface area (Å²) >= 11 is 0. The fraction of sp³-hybridized carbons (Fsp3) is 0.350. The van der Waals surface area contributed by atoms with Crippen LogP contribution < -0.4 is 24.8 Å². The molecule has 0 bridgehead atoms. The highest BCUT2D eigenvalue weighted by Gasteiger charge is 2.21. The van der Waals surface area contributed by atoms with Crippen LogP contribution >= 0.6 is 0 Å². The number of rotatable bonds is 9. The van der Waals surface area contributed by atoms with Crippen molar-refractivity contribution in [2.45, 2.75) is 11.8 Å². The molecule has 2 N–H and O–H groups in total. The molecule has 164 valence electrons. The van der Waals surface area contributed by atoms with Gasteiger partial charge in [-0.25, -0.2) is 12.7 Å². The van der Waals surface area contributed by atoms with Crippen molar-refractivity contribution in [3.05, 3.63) is 35.9 Å². The molecule has 1 amide bonds. The summed E-state index contributed by atoms with van der Waals surface area (Å²) in [4.78, 5) is 13.0. The molecule has 0 atom stereocenters. The van der Waals surface area contributed by atoms with E-state index in [1.54, 1.807) is 6.07 Å². The number of ether oxygens (including phenoxy) is 3. The summed E-state index contributed by atoms with van der Waals surface area (Å²) in [5.41, 5.74) is 1.18. The fourth-order valence-electron chi connectivity index (χ4n) is 2.75. The lowest BCUT2D eigenvalue weighted by molar-refractivity contribution is 0.102. The lowest BCUT2D eigenvalue weighted by Gasteiger charge is -2.17. The highest BCUT2D eigenvalue weighted by atomic mass is 32.2. The lowest BCUT2D eigenvalue weighted by Crippen LogP contribution is -2.22. The number of amides is 1. The average molecular weight is 438 g/mol. The van der Waals surface area contributed by atoms with Gasteiger partial charge in [0.15, 0.2) is 11.5 Å². The molecule has 0 aliphatic heterocycles. The third-order valence-electron chi connectivity index (χ3n) is 4.31. The molecule has 2 rings (SSSR count). The van der Waals surface area contributed by atoms with Gasteiger partial charge in [0.1, 0.15) is 0 Å². The number of sulfonamides is 1. The van der Waals surface area contributed by atoms with Crippen molar-refractivity contribution in [3.8, 4) is 17.2 Å². The summed E-state index contributed by atoms with van der Waals surface area (Å²) < 4.78 is 42.0. The molecule has 0 aliphatic carbocycles. The zero-order chi connectivity index (χ0) is 22.5. The molecule has 30 heavy (non-hydrogen) atoms. The third kappa shape index (κ3) is 4.77. The summed E-state index contributed by atoms with van der Waals surface area (Å²) in [6, 6.07) is 7.56. The molecule has 0 aliphatic rings. The SMILES string of the molecule is CCNc1ccc(S(=O)(=O)N(C)C)cc1NC(=O)c1cc(OC)c(OC)c(OC)c1. The van der Waals surface area contributed by atoms with E-state index in [1.165, 1.54) is 59.7 Å². The van der Waals surface area contributed by atoms with E-state index >= 15 is 0 Å². The Hall–Kier alpha value is -2.98. The van der Waals surface area contributed by atoms with Gasteiger partial charge in [-0.1, -0.05) is 0 Å². The maximum Gasteiger partial charge on any atom is 0.255 e. The maximum atomic E-state index is 13.0. The van der Waals surface area contributed by atoms with Crippen molar-refractivity contribution in [1.82, 2.24) is 4.31 Å². The Balaban J connectivity index is 2.49. The first kappa shape index (κ1) is 23.3. The minimum Gasteiger partial charge on any atom is -0.493 e. The first-order chi connectivity index (χ1) is 14.2. The smallest absolute Gasteiger partial charge is 0.255 e. The van der Waals surface area contributed by atoms with E-state index in [0.717, 1.165) is 4.31 Å². The molecule has 0 heterocycles. The largest absolute Gasteiger partial charge is 0.493 e. The van der Waals surface area contributed by atoms with Crippen LogP contribution in [0.3, 0.4) is 0 Å². The van der Waals surface area contributed by atoms with E-state index in [-0.39, 0.29) is 10.5 Å². The van der Waals surface area contributed by atoms with Crippen molar-refractivity contribution in [1.29, 1.82) is 0 Å². The first-order valence-electron chi connectivity index (χ1n) is 9.11. The zero-order valence-corrected chi connectivity index (χ0v) is 18.7. The van der Waals surface area contributed by atoms with Gasteiger partial charge in [-0.05, 0) is 37.3 Å². The molecule has 2 aromatic carbocycles. The highest BCUT2D eigenvalue weighted by molar-refractivity contribution is 7.89. The Labute approximate surface area is 177 Å². The standard InChI is InChI=1S/C20H27N3O6S/c1-7-21-15-9-8-14(30(25,26)23(2)3)12-16(15)22-20(24)13-10-17(27-4)19(29-6)18(11-13)28-5/h8-12,21H,7H2,1-6H3,(H,22,24). The van der Waals surface area contributed by atoms with E-state index in [2.05, 4.69) is 10.6 Å². The maximum absolute atomic E-state index is 13.0. The number of hydrogen-bond donors (Lipinski definition) is 2. The topological polar surface area (TPSA) is 106 Å². The van der Waals surface area contributed by atoms with Gasteiger partial charge < -0.3 is 24.8 Å². The first-order valence-corrected chi connectivity index (χ1v) is 10.5. The van der Waals surface area contributed by atoms with Crippen molar-refractivity contribution in [2.24, 2.45) is 0 Å². The van der Waals surface area contributed by atoms with Crippen LogP contribution in [0.2, 0.25) is 0 Å². The predicted octanol–water partition coefficient (Wildman–Crippen LogP) is 2.65. The van der Waals surface area contributed by atoms with Crippen LogP contribution in [0.1, 0.15) is 17.3 Å². The van der Waals surface area contributed by atoms with Crippen molar-refractivity contribution < 1.29 is 27.4 Å². The molecule has 0 saturated carbocycles. The number of nitrogens with one attached hydrogen (secondary N) is 2. The molecule has 2 aromatic rings. The molecular formula is C20H27N3O6S. The minimum atomic E-state index is -3.66. The predicted molar refractivity (Wildman–Crippen MR) is 116 cm³/mol. The van der Waals surface area contributed by atoms with Crippen LogP contribution in [0.4, 0.5) is 11.4 Å². The second-order valence-electron chi connectivity index (χ2n) is 6.39. The fourth-order valence-corrected chi connectivity index (χ4v) is 3.68. The van der Waals surface area contributed by atoms with E-state index < -0.39 is 15.9 Å². The number of nitrogens with zero attached hydrogens (tertiary/aromatic N) is 1. The number of carbonyl (C=O) groups is 1. The van der Waals surface area contributed by atoms with E-state index in [9.17, 15) is 13.2 Å². The molecule has 10 heteroatoms. The molecule has 0 saturated heterocycles. The number of anilines is 2. The Kier molecular flexibility index (Phi) is 7.52. The van der Waals surface area contributed by atoms with Gasteiger partial charge in [0.25, 0.3) is 5.91 Å². The van der Waals surface area contributed by atoms with Crippen LogP contribution in [-0.2, 0) is 10.0 Å². The minimum absolute atomic E-state index is 0.0642. The van der Waals surface area contributed by atoms with Crippen LogP contribution in [0.15, 0.2) is 35.2 Å². The number of methoxy groups -OCH3 is 3. The van der Waals surface area contributed by atoms with E-state index in [4.69, 9.17) is 14.2 Å². The monoisotopic (exact) mass is 437 g/mol. The van der Waals surface area contributed by atoms with Crippen LogP contribution in [0.25, 0.3) is 0 Å². The molecule has 0 radical (unpaired) electrons. The Morgan fingerprint density at radius 2 is 1.57 bits per heavy atom. The van der Waals surface area contributed by atoms with Gasteiger partial charge in [0.2, 0.25) is 15.8 Å². The van der Waals surface area contributed by atoms with Crippen LogP contribution in [0, 0.1) is 0 Å². The van der Waals surface area contributed by atoms with Crippen LogP contribution in [0.5, 0.6) is 17.2 Å². The zero-order valence-electron chi connectivity index (χ0n) is 17.9. The Morgan fingerprint density at radius 3 is 2.03 bits per heavy atom. The average Bonchev–Trinajstić information content (AvgIpc) is 2.73. The van der Waals surface area contributed by atoms with Gasteiger partial charge in [-0.2, -0.15) is 0 Å².